The lowest BCUT2D eigenvalue weighted by Gasteiger charge is -2.53. The fraction of sp³-hybridized carbons (Fsp3) is 0.806. The lowest BCUT2D eigenvalue weighted by molar-refractivity contribution is -0.284. The maximum absolute atomic E-state index is 13.0. The number of benzene rings is 1. The standard InChI is InChI=1S/C36H54F5NO4S/c1-33(2,42)32(44)46-26-13-14-27-25(23-26)22-24(31-28(27)17-19-34(3)29(31)15-16-30(34)43)12-9-7-5-4-6-8-10-20-47(45)21-11-18-35(37,38)36(39,40)41/h13-14,23-24,28-31,43H,4-12,15-22,42H2,1-3H3/t24-,28-,29+,30+,31-,34+,47?/m1/s1. The molecule has 0 amide bonds. The summed E-state index contributed by atoms with van der Waals surface area (Å²) >= 11 is 0. The van der Waals surface area contributed by atoms with Crippen molar-refractivity contribution in [2.24, 2.45) is 28.9 Å². The second kappa shape index (κ2) is 15.5. The second-order valence-corrected chi connectivity index (χ2v) is 17.0. The van der Waals surface area contributed by atoms with E-state index in [1.807, 2.05) is 12.1 Å². The first-order valence-electron chi connectivity index (χ1n) is 17.6. The Morgan fingerprint density at radius 2 is 1.62 bits per heavy atom. The van der Waals surface area contributed by atoms with Crippen molar-refractivity contribution in [3.8, 4) is 5.75 Å². The molecule has 0 aliphatic heterocycles. The van der Waals surface area contributed by atoms with E-state index in [2.05, 4.69) is 13.0 Å². The van der Waals surface area contributed by atoms with E-state index < -0.39 is 47.2 Å². The molecule has 3 N–H and O–H groups in total. The van der Waals surface area contributed by atoms with E-state index in [4.69, 9.17) is 10.5 Å². The fourth-order valence-electron chi connectivity index (χ4n) is 8.58. The molecule has 0 spiro atoms. The first-order valence-corrected chi connectivity index (χ1v) is 19.0. The van der Waals surface area contributed by atoms with Crippen LogP contribution in [0.1, 0.15) is 128 Å². The highest BCUT2D eigenvalue weighted by molar-refractivity contribution is 7.84. The SMILES string of the molecule is CC(C)(N)C(=O)Oc1ccc2c(c1)C[C@@H](CCCCCCCCCS(=O)CCCC(F)(F)C(F)(F)F)[C@@H]1[C@@H]2CC[C@]2(C)[C@@H](O)CC[C@@H]12. The third-order valence-corrected chi connectivity index (χ3v) is 12.8. The molecule has 4 rings (SSSR count). The van der Waals surface area contributed by atoms with Gasteiger partial charge in [-0.3, -0.25) is 4.21 Å². The van der Waals surface area contributed by atoms with E-state index in [9.17, 15) is 36.1 Å². The average molecular weight is 692 g/mol. The molecule has 11 heteroatoms. The summed E-state index contributed by atoms with van der Waals surface area (Å²) in [7, 11) is -1.38. The minimum Gasteiger partial charge on any atom is -0.425 e. The molecule has 2 saturated carbocycles. The quantitative estimate of drug-likeness (QED) is 0.0785. The lowest BCUT2D eigenvalue weighted by Crippen LogP contribution is -2.47. The Bertz CT molecular complexity index is 1230. The van der Waals surface area contributed by atoms with Crippen molar-refractivity contribution in [3.05, 3.63) is 29.3 Å². The van der Waals surface area contributed by atoms with Gasteiger partial charge >= 0.3 is 18.1 Å². The van der Waals surface area contributed by atoms with Crippen molar-refractivity contribution in [2.45, 2.75) is 147 Å². The van der Waals surface area contributed by atoms with E-state index in [0.29, 0.717) is 41.6 Å². The molecule has 0 radical (unpaired) electrons. The van der Waals surface area contributed by atoms with Crippen LogP contribution in [0, 0.1) is 23.2 Å². The third-order valence-electron chi connectivity index (χ3n) is 11.3. The van der Waals surface area contributed by atoms with E-state index in [1.54, 1.807) is 13.8 Å². The van der Waals surface area contributed by atoms with Gasteiger partial charge in [0, 0.05) is 28.7 Å². The third kappa shape index (κ3) is 9.35. The molecular weight excluding hydrogens is 637 g/mol. The lowest BCUT2D eigenvalue weighted by atomic mass is 9.52. The van der Waals surface area contributed by atoms with Crippen LogP contribution in [0.4, 0.5) is 22.0 Å². The van der Waals surface area contributed by atoms with E-state index >= 15 is 0 Å². The Balaban J connectivity index is 1.24. The number of halogens is 5. The molecule has 3 aliphatic carbocycles. The monoisotopic (exact) mass is 691 g/mol. The van der Waals surface area contributed by atoms with Gasteiger partial charge in [-0.1, -0.05) is 51.5 Å². The molecule has 0 bridgehead atoms. The van der Waals surface area contributed by atoms with Gasteiger partial charge in [0.15, 0.2) is 0 Å². The number of esters is 1. The van der Waals surface area contributed by atoms with E-state index in [0.717, 1.165) is 77.0 Å². The largest absolute Gasteiger partial charge is 0.453 e. The smallest absolute Gasteiger partial charge is 0.425 e. The summed E-state index contributed by atoms with van der Waals surface area (Å²) in [6, 6.07) is 6.07. The number of unbranched alkanes of at least 4 members (excludes halogenated alkanes) is 6. The number of hydrogen-bond acceptors (Lipinski definition) is 5. The van der Waals surface area contributed by atoms with Crippen LogP contribution in [0.2, 0.25) is 0 Å². The van der Waals surface area contributed by atoms with Crippen molar-refractivity contribution in [1.29, 1.82) is 0 Å². The van der Waals surface area contributed by atoms with Crippen molar-refractivity contribution < 1.29 is 40.8 Å². The minimum atomic E-state index is -5.56. The molecule has 3 aliphatic rings. The van der Waals surface area contributed by atoms with Crippen molar-refractivity contribution in [2.75, 3.05) is 11.5 Å². The Kier molecular flexibility index (Phi) is 12.6. The number of aliphatic hydroxyl groups excluding tert-OH is 1. The molecular formula is C36H54F5NO4S. The number of rotatable bonds is 16. The van der Waals surface area contributed by atoms with Crippen LogP contribution in [0.5, 0.6) is 5.75 Å². The molecule has 47 heavy (non-hydrogen) atoms. The molecule has 1 unspecified atom stereocenters. The van der Waals surface area contributed by atoms with Gasteiger partial charge in [-0.2, -0.15) is 22.0 Å². The maximum Gasteiger partial charge on any atom is 0.453 e. The predicted octanol–water partition coefficient (Wildman–Crippen LogP) is 8.62. The summed E-state index contributed by atoms with van der Waals surface area (Å²) in [4.78, 5) is 12.5. The Morgan fingerprint density at radius 3 is 2.28 bits per heavy atom. The van der Waals surface area contributed by atoms with Crippen LogP contribution in [-0.4, -0.2) is 50.5 Å². The van der Waals surface area contributed by atoms with Crippen molar-refractivity contribution >= 4 is 16.8 Å². The van der Waals surface area contributed by atoms with Gasteiger partial charge in [0.25, 0.3) is 0 Å². The summed E-state index contributed by atoms with van der Waals surface area (Å²) in [5, 5.41) is 11.0. The molecule has 7 atom stereocenters. The number of alkyl halides is 5. The number of carbonyl (C=O) groups is 1. The fourth-order valence-corrected chi connectivity index (χ4v) is 9.77. The van der Waals surface area contributed by atoms with Crippen LogP contribution in [0.25, 0.3) is 0 Å². The molecule has 1 aromatic carbocycles. The summed E-state index contributed by atoms with van der Waals surface area (Å²) < 4.78 is 80.5. The number of hydrogen-bond donors (Lipinski definition) is 2. The maximum atomic E-state index is 13.0. The van der Waals surface area contributed by atoms with E-state index in [-0.39, 0.29) is 17.3 Å². The number of fused-ring (bicyclic) bond motifs is 5. The summed E-state index contributed by atoms with van der Waals surface area (Å²) in [6.07, 6.45) is 5.39. The van der Waals surface area contributed by atoms with Crippen LogP contribution < -0.4 is 10.5 Å². The number of nitrogens with two attached hydrogens (primary N) is 1. The normalized spacial score (nSPS) is 28.3. The Hall–Kier alpha value is -1.59. The second-order valence-electron chi connectivity index (χ2n) is 15.3. The van der Waals surface area contributed by atoms with Crippen molar-refractivity contribution in [3.63, 3.8) is 0 Å². The van der Waals surface area contributed by atoms with Gasteiger partial charge in [0.2, 0.25) is 0 Å². The summed E-state index contributed by atoms with van der Waals surface area (Å²) in [5.74, 6) is -2.49. The van der Waals surface area contributed by atoms with Gasteiger partial charge < -0.3 is 15.6 Å². The van der Waals surface area contributed by atoms with Gasteiger partial charge in [-0.25, -0.2) is 4.79 Å². The Labute approximate surface area is 279 Å². The number of aliphatic hydroxyl groups is 1. The van der Waals surface area contributed by atoms with Gasteiger partial charge in [0.1, 0.15) is 11.3 Å². The minimum absolute atomic E-state index is 0.0308. The van der Waals surface area contributed by atoms with Gasteiger partial charge in [-0.05, 0) is 118 Å². The van der Waals surface area contributed by atoms with Crippen LogP contribution >= 0.6 is 0 Å². The topological polar surface area (TPSA) is 89.6 Å². The predicted molar refractivity (Wildman–Crippen MR) is 175 cm³/mol. The number of ether oxygens (including phenoxy) is 1. The molecule has 5 nitrogen and oxygen atoms in total. The Morgan fingerprint density at radius 1 is 0.979 bits per heavy atom. The van der Waals surface area contributed by atoms with Gasteiger partial charge in [-0.15, -0.1) is 0 Å². The molecule has 1 aromatic rings. The van der Waals surface area contributed by atoms with Gasteiger partial charge in [0.05, 0.1) is 6.10 Å². The first kappa shape index (κ1) is 38.2. The van der Waals surface area contributed by atoms with E-state index in [1.165, 1.54) is 11.1 Å². The zero-order valence-corrected chi connectivity index (χ0v) is 29.0. The van der Waals surface area contributed by atoms with Crippen LogP contribution in [0.3, 0.4) is 0 Å². The average Bonchev–Trinajstić information content (AvgIpc) is 3.28. The molecule has 268 valence electrons. The number of carbonyl (C=O) groups excluding carboxylic acids is 1. The van der Waals surface area contributed by atoms with Crippen LogP contribution in [-0.2, 0) is 22.0 Å². The highest BCUT2D eigenvalue weighted by Gasteiger charge is 2.57. The highest BCUT2D eigenvalue weighted by atomic mass is 32.2. The summed E-state index contributed by atoms with van der Waals surface area (Å²) in [5.41, 5.74) is 7.46. The first-order chi connectivity index (χ1) is 21.9. The zero-order chi connectivity index (χ0) is 34.6. The van der Waals surface area contributed by atoms with Crippen LogP contribution in [0.15, 0.2) is 18.2 Å². The van der Waals surface area contributed by atoms with Crippen molar-refractivity contribution in [1.82, 2.24) is 0 Å². The molecule has 0 aromatic heterocycles. The highest BCUT2D eigenvalue weighted by Crippen LogP contribution is 2.62. The molecule has 2 fully saturated rings. The molecule has 0 heterocycles. The summed E-state index contributed by atoms with van der Waals surface area (Å²) in [6.45, 7) is 5.56. The zero-order valence-electron chi connectivity index (χ0n) is 28.2. The molecule has 0 saturated heterocycles.